The number of ether oxygens (including phenoxy) is 4. The number of carbonyl (C=O) groups is 1. The van der Waals surface area contributed by atoms with E-state index in [4.69, 9.17) is 29.6 Å². The van der Waals surface area contributed by atoms with Crippen LogP contribution in [0.3, 0.4) is 0 Å². The summed E-state index contributed by atoms with van der Waals surface area (Å²) in [4.78, 5) is 14.0. The number of hydrogen-bond donors (Lipinski definition) is 5. The minimum Gasteiger partial charge on any atom is -0.394 e. The van der Waals surface area contributed by atoms with Crippen LogP contribution in [-0.2, 0) is 18.9 Å². The number of aliphatic hydroxyl groups excluding tert-OH is 4. The summed E-state index contributed by atoms with van der Waals surface area (Å²) >= 11 is 0. The van der Waals surface area contributed by atoms with Crippen LogP contribution in [-0.4, -0.2) is 103 Å². The van der Waals surface area contributed by atoms with Crippen molar-refractivity contribution in [2.24, 2.45) is 5.11 Å². The minimum atomic E-state index is -2.02. The molecule has 1 aliphatic heterocycles. The van der Waals surface area contributed by atoms with Crippen LogP contribution in [0.25, 0.3) is 10.4 Å². The first kappa shape index (κ1) is 29.6. The molecule has 2 unspecified atom stereocenters. The molecule has 0 saturated carbocycles. The van der Waals surface area contributed by atoms with Gasteiger partial charge in [0.15, 0.2) is 29.6 Å². The molecular weight excluding hydrogens is 504 g/mol. The Bertz CT molecular complexity index is 923. The summed E-state index contributed by atoms with van der Waals surface area (Å²) in [6, 6.07) is 0. The Kier molecular flexibility index (Phi) is 11.7. The predicted molar refractivity (Wildman–Crippen MR) is 109 cm³/mol. The Labute approximate surface area is 200 Å². The Balaban J connectivity index is 1.64. The summed E-state index contributed by atoms with van der Waals surface area (Å²) in [6.07, 6.45) is -7.02. The van der Waals surface area contributed by atoms with Crippen molar-refractivity contribution < 1.29 is 61.7 Å². The number of hydrogen-bond acceptors (Lipinski definition) is 10. The number of halogens is 4. The van der Waals surface area contributed by atoms with E-state index >= 15 is 0 Å². The van der Waals surface area contributed by atoms with Crippen LogP contribution in [0.1, 0.15) is 10.4 Å². The van der Waals surface area contributed by atoms with Crippen molar-refractivity contribution in [3.8, 4) is 0 Å². The summed E-state index contributed by atoms with van der Waals surface area (Å²) in [5.74, 6) is -9.52. The lowest BCUT2D eigenvalue weighted by Gasteiger charge is -2.39. The first-order valence-corrected chi connectivity index (χ1v) is 10.4. The largest absolute Gasteiger partial charge is 0.394 e. The molecule has 17 heteroatoms. The van der Waals surface area contributed by atoms with Crippen LogP contribution in [0.2, 0.25) is 0 Å². The zero-order valence-corrected chi connectivity index (χ0v) is 18.5. The zero-order valence-electron chi connectivity index (χ0n) is 18.5. The van der Waals surface area contributed by atoms with Gasteiger partial charge in [0.1, 0.15) is 35.7 Å². The van der Waals surface area contributed by atoms with Crippen molar-refractivity contribution in [2.75, 3.05) is 46.2 Å². The van der Waals surface area contributed by atoms with E-state index in [1.165, 1.54) is 0 Å². The van der Waals surface area contributed by atoms with Crippen LogP contribution >= 0.6 is 0 Å². The van der Waals surface area contributed by atoms with Gasteiger partial charge in [-0.05, 0) is 5.53 Å². The fraction of sp³-hybridized carbons (Fsp3) is 0.632. The van der Waals surface area contributed by atoms with Gasteiger partial charge < -0.3 is 44.7 Å². The fourth-order valence-electron chi connectivity index (χ4n) is 3.03. The third kappa shape index (κ3) is 7.22. The van der Waals surface area contributed by atoms with Crippen molar-refractivity contribution in [1.82, 2.24) is 5.32 Å². The highest BCUT2D eigenvalue weighted by molar-refractivity contribution is 5.95. The quantitative estimate of drug-likeness (QED) is 0.0573. The van der Waals surface area contributed by atoms with E-state index < -0.39 is 77.7 Å². The maximum absolute atomic E-state index is 13.9. The van der Waals surface area contributed by atoms with Gasteiger partial charge in [-0.25, -0.2) is 17.6 Å². The van der Waals surface area contributed by atoms with E-state index in [1.807, 2.05) is 5.32 Å². The molecule has 13 nitrogen and oxygen atoms in total. The Morgan fingerprint density at radius 2 is 1.53 bits per heavy atom. The molecule has 0 radical (unpaired) electrons. The van der Waals surface area contributed by atoms with Gasteiger partial charge in [-0.1, -0.05) is 5.11 Å². The summed E-state index contributed by atoms with van der Waals surface area (Å²) < 4.78 is 76.0. The molecule has 1 fully saturated rings. The Morgan fingerprint density at radius 1 is 0.944 bits per heavy atom. The molecule has 0 spiro atoms. The van der Waals surface area contributed by atoms with Gasteiger partial charge in [0, 0.05) is 11.5 Å². The number of nitrogens with one attached hydrogen (secondary N) is 1. The molecule has 5 N–H and O–H groups in total. The minimum absolute atomic E-state index is 0.0106. The lowest BCUT2D eigenvalue weighted by Crippen LogP contribution is -2.59. The summed E-state index contributed by atoms with van der Waals surface area (Å²) in [7, 11) is 0. The smallest absolute Gasteiger partial charge is 0.257 e. The molecule has 1 aromatic carbocycles. The molecule has 0 aliphatic carbocycles. The molecule has 36 heavy (non-hydrogen) atoms. The Morgan fingerprint density at radius 3 is 2.11 bits per heavy atom. The molecule has 1 aromatic rings. The molecule has 1 saturated heterocycles. The third-order valence-electron chi connectivity index (χ3n) is 4.87. The average Bonchev–Trinajstić information content (AvgIpc) is 2.86. The number of nitrogens with zero attached hydrogens (tertiary/aromatic N) is 3. The van der Waals surface area contributed by atoms with Gasteiger partial charge >= 0.3 is 0 Å². The second-order valence-corrected chi connectivity index (χ2v) is 7.22. The summed E-state index contributed by atoms with van der Waals surface area (Å²) in [6.45, 7) is -1.03. The van der Waals surface area contributed by atoms with Crippen LogP contribution in [0.5, 0.6) is 0 Å². The van der Waals surface area contributed by atoms with Gasteiger partial charge in [-0.3, -0.25) is 4.79 Å². The van der Waals surface area contributed by atoms with Gasteiger partial charge in [-0.2, -0.15) is 0 Å². The third-order valence-corrected chi connectivity index (χ3v) is 4.87. The second-order valence-electron chi connectivity index (χ2n) is 7.22. The van der Waals surface area contributed by atoms with E-state index in [0.29, 0.717) is 0 Å². The molecule has 5 atom stereocenters. The SMILES string of the molecule is [N-]=[N+]=Nc1c(F)c(F)c(C(=O)NCCOCCOCCO[C@@H]2OC(CO)[C@H](O)[C@H](O)C2O)c(F)c1F. The van der Waals surface area contributed by atoms with E-state index in [9.17, 15) is 37.7 Å². The van der Waals surface area contributed by atoms with Crippen molar-refractivity contribution in [2.45, 2.75) is 30.7 Å². The highest BCUT2D eigenvalue weighted by atomic mass is 19.2. The normalized spacial score (nSPS) is 23.8. The van der Waals surface area contributed by atoms with Gasteiger partial charge in [0.25, 0.3) is 5.91 Å². The molecule has 0 aromatic heterocycles. The number of rotatable bonds is 13. The molecule has 1 heterocycles. The number of aliphatic hydroxyl groups is 4. The predicted octanol–water partition coefficient (Wildman–Crippen LogP) is -0.236. The second kappa shape index (κ2) is 14.2. The van der Waals surface area contributed by atoms with Crippen molar-refractivity contribution in [1.29, 1.82) is 0 Å². The highest BCUT2D eigenvalue weighted by Gasteiger charge is 2.43. The lowest BCUT2D eigenvalue weighted by atomic mass is 9.99. The van der Waals surface area contributed by atoms with Crippen LogP contribution in [0.15, 0.2) is 5.11 Å². The fourth-order valence-corrected chi connectivity index (χ4v) is 3.03. The standard InChI is InChI=1S/C19H24F4N4O9/c20-10-9(11(21)13(23)14(12(10)22)26-27-24)18(32)25-1-2-33-3-4-34-5-6-35-19-17(31)16(30)15(29)8(7-28)36-19/h8,15-17,19,28-31H,1-7H2,(H,25,32)/t8?,15-,16-,17?,19+/m0/s1. The number of carbonyl (C=O) groups excluding carboxylic acids is 1. The van der Waals surface area contributed by atoms with Crippen LogP contribution < -0.4 is 5.32 Å². The van der Waals surface area contributed by atoms with Crippen molar-refractivity contribution in [3.05, 3.63) is 39.3 Å². The zero-order chi connectivity index (χ0) is 26.8. The first-order valence-electron chi connectivity index (χ1n) is 10.4. The summed E-state index contributed by atoms with van der Waals surface area (Å²) in [5, 5.41) is 42.8. The molecule has 202 valence electrons. The topological polar surface area (TPSA) is 196 Å². The molecule has 1 aliphatic rings. The molecule has 0 bridgehead atoms. The molecular formula is C19H24F4N4O9. The first-order chi connectivity index (χ1) is 17.1. The maximum atomic E-state index is 13.9. The number of benzene rings is 1. The van der Waals surface area contributed by atoms with E-state index in [0.717, 1.165) is 0 Å². The highest BCUT2D eigenvalue weighted by Crippen LogP contribution is 2.30. The van der Waals surface area contributed by atoms with Crippen LogP contribution in [0, 0.1) is 23.3 Å². The van der Waals surface area contributed by atoms with E-state index in [-0.39, 0.29) is 39.6 Å². The van der Waals surface area contributed by atoms with Crippen molar-refractivity contribution >= 4 is 11.6 Å². The number of azide groups is 1. The lowest BCUT2D eigenvalue weighted by molar-refractivity contribution is -0.302. The van der Waals surface area contributed by atoms with Crippen molar-refractivity contribution in [3.63, 3.8) is 0 Å². The molecule has 1 amide bonds. The van der Waals surface area contributed by atoms with E-state index in [1.54, 1.807) is 0 Å². The molecule has 2 rings (SSSR count). The van der Waals surface area contributed by atoms with Gasteiger partial charge in [0.05, 0.1) is 39.6 Å². The monoisotopic (exact) mass is 528 g/mol. The Hall–Kier alpha value is -2.60. The van der Waals surface area contributed by atoms with Gasteiger partial charge in [0.2, 0.25) is 0 Å². The van der Waals surface area contributed by atoms with Gasteiger partial charge in [-0.15, -0.1) is 0 Å². The van der Waals surface area contributed by atoms with E-state index in [2.05, 4.69) is 10.0 Å². The van der Waals surface area contributed by atoms with Crippen LogP contribution in [0.4, 0.5) is 23.2 Å². The maximum Gasteiger partial charge on any atom is 0.257 e. The summed E-state index contributed by atoms with van der Waals surface area (Å²) in [5.41, 5.74) is 5.15. The average molecular weight is 528 g/mol. The number of amides is 1.